The molecular weight excluding hydrogens is 697 g/mol. The van der Waals surface area contributed by atoms with E-state index in [0.717, 1.165) is 42.7 Å². The summed E-state index contributed by atoms with van der Waals surface area (Å²) in [5, 5.41) is 0. The molecule has 0 spiro atoms. The summed E-state index contributed by atoms with van der Waals surface area (Å²) in [6, 6.07) is 19.7. The number of benzene rings is 4. The van der Waals surface area contributed by atoms with Crippen LogP contribution in [0, 0.1) is 0 Å². The maximum atomic E-state index is 12.6. The molecule has 49 heavy (non-hydrogen) atoms. The Morgan fingerprint density at radius 3 is 1.76 bits per heavy atom. The van der Waals surface area contributed by atoms with Crippen LogP contribution in [0.3, 0.4) is 0 Å². The number of hydrogen-bond donors (Lipinski definition) is 0. The van der Waals surface area contributed by atoms with Gasteiger partial charge in [0.25, 0.3) is 0 Å². The highest BCUT2D eigenvalue weighted by Crippen LogP contribution is 2.52. The molecule has 0 atom stereocenters. The molecule has 0 fully saturated rings. The van der Waals surface area contributed by atoms with Gasteiger partial charge >= 0.3 is 30.4 Å². The van der Waals surface area contributed by atoms with Crippen molar-refractivity contribution in [3.05, 3.63) is 96.6 Å². The minimum Gasteiger partial charge on any atom is -0.496 e. The summed E-state index contributed by atoms with van der Waals surface area (Å²) in [5.74, 6) is -0.148. The molecule has 0 aliphatic heterocycles. The minimum atomic E-state index is -4.16. The van der Waals surface area contributed by atoms with E-state index in [4.69, 9.17) is 26.8 Å². The number of aryl methyl sites for hydroxylation is 1. The molecule has 0 bridgehead atoms. The van der Waals surface area contributed by atoms with Crippen LogP contribution in [0.15, 0.2) is 85.5 Å². The topological polar surface area (TPSA) is 158 Å². The summed E-state index contributed by atoms with van der Waals surface area (Å²) < 4.78 is 106. The van der Waals surface area contributed by atoms with Gasteiger partial charge in [0.2, 0.25) is 0 Å². The third-order valence-corrected chi connectivity index (χ3v) is 8.25. The van der Waals surface area contributed by atoms with Gasteiger partial charge in [-0.2, -0.15) is 25.3 Å². The summed E-state index contributed by atoms with van der Waals surface area (Å²) in [6.07, 6.45) is 6.20. The van der Waals surface area contributed by atoms with Crippen LogP contribution in [0.5, 0.6) is 34.5 Å². The number of hydrogen-bond acceptors (Lipinski definition) is 12. The van der Waals surface area contributed by atoms with E-state index in [1.807, 2.05) is 30.3 Å². The van der Waals surface area contributed by atoms with Gasteiger partial charge in [-0.15, -0.1) is 6.58 Å². The van der Waals surface area contributed by atoms with Crippen molar-refractivity contribution in [2.24, 2.45) is 0 Å². The van der Waals surface area contributed by atoms with Crippen LogP contribution >= 0.6 is 0 Å². The Balaban J connectivity index is 1.83. The molecule has 4 aromatic carbocycles. The number of methoxy groups -OCH3 is 2. The van der Waals surface area contributed by atoms with Gasteiger partial charge in [-0.05, 0) is 65.4 Å². The molecule has 0 saturated heterocycles. The number of allylic oxidation sites excluding steroid dienone is 1. The molecule has 0 N–H and O–H groups in total. The van der Waals surface area contributed by atoms with Crippen LogP contribution in [-0.2, 0) is 43.4 Å². The molecule has 0 aliphatic rings. The Kier molecular flexibility index (Phi) is 11.5. The van der Waals surface area contributed by atoms with E-state index in [2.05, 4.69) is 6.58 Å². The summed E-state index contributed by atoms with van der Waals surface area (Å²) in [6.45, 7) is 3.84. The van der Waals surface area contributed by atoms with E-state index < -0.39 is 30.4 Å². The molecule has 0 heterocycles. The minimum absolute atomic E-state index is 0.0135. The highest BCUT2D eigenvalue weighted by Gasteiger charge is 2.27. The van der Waals surface area contributed by atoms with E-state index in [1.54, 1.807) is 24.3 Å². The Morgan fingerprint density at radius 2 is 1.20 bits per heavy atom. The standard InChI is InChI=1S/C34H36O12S3/c1-7-8-9-23-10-12-24(13-11-23)22-43-29-19-16-26(20-30(29)45-48(5,37)38)32-31(41-2)21-28(33(42-3)34(32)46-49(6,39)40)25-14-17-27(18-15-25)44-47(4,35)36/h7,10-21H,1,8-9,22H2,2-6H3. The van der Waals surface area contributed by atoms with Crippen LogP contribution in [0.1, 0.15) is 17.5 Å². The number of rotatable bonds is 16. The van der Waals surface area contributed by atoms with Crippen molar-refractivity contribution >= 4 is 30.4 Å². The largest absolute Gasteiger partial charge is 0.496 e. The van der Waals surface area contributed by atoms with Crippen LogP contribution in [0.2, 0.25) is 0 Å². The Bertz CT molecular complexity index is 2140. The molecule has 0 aromatic heterocycles. The predicted octanol–water partition coefficient (Wildman–Crippen LogP) is 5.75. The lowest BCUT2D eigenvalue weighted by Gasteiger charge is -2.21. The maximum absolute atomic E-state index is 12.6. The van der Waals surface area contributed by atoms with Gasteiger partial charge in [0, 0.05) is 5.56 Å². The van der Waals surface area contributed by atoms with E-state index >= 15 is 0 Å². The smallest absolute Gasteiger partial charge is 0.306 e. The normalized spacial score (nSPS) is 11.8. The Labute approximate surface area is 287 Å². The highest BCUT2D eigenvalue weighted by molar-refractivity contribution is 7.86. The van der Waals surface area contributed by atoms with Gasteiger partial charge < -0.3 is 26.8 Å². The fourth-order valence-corrected chi connectivity index (χ4v) is 6.19. The highest BCUT2D eigenvalue weighted by atomic mass is 32.2. The molecule has 12 nitrogen and oxygen atoms in total. The zero-order valence-electron chi connectivity index (χ0n) is 27.5. The number of ether oxygens (including phenoxy) is 3. The van der Waals surface area contributed by atoms with E-state index in [-0.39, 0.29) is 52.2 Å². The van der Waals surface area contributed by atoms with E-state index in [0.29, 0.717) is 11.1 Å². The quantitative estimate of drug-likeness (QED) is 0.102. The first-order valence-electron chi connectivity index (χ1n) is 14.5. The molecule has 0 radical (unpaired) electrons. The van der Waals surface area contributed by atoms with E-state index in [9.17, 15) is 25.3 Å². The fraction of sp³-hybridized carbons (Fsp3) is 0.235. The molecule has 0 amide bonds. The van der Waals surface area contributed by atoms with Gasteiger partial charge in [0.1, 0.15) is 18.1 Å². The molecule has 4 rings (SSSR count). The molecule has 15 heteroatoms. The third kappa shape index (κ3) is 10.4. The van der Waals surface area contributed by atoms with Gasteiger partial charge in [0.05, 0.1) is 38.6 Å². The van der Waals surface area contributed by atoms with Gasteiger partial charge in [-0.1, -0.05) is 48.5 Å². The first-order chi connectivity index (χ1) is 23.0. The Hall–Kier alpha value is -4.73. The molecular formula is C34H36O12S3. The van der Waals surface area contributed by atoms with Crippen molar-refractivity contribution in [3.63, 3.8) is 0 Å². The van der Waals surface area contributed by atoms with Crippen molar-refractivity contribution in [2.75, 3.05) is 33.0 Å². The second-order valence-corrected chi connectivity index (χ2v) is 15.6. The zero-order chi connectivity index (χ0) is 36.0. The first-order valence-corrected chi connectivity index (χ1v) is 20.0. The summed E-state index contributed by atoms with van der Waals surface area (Å²) in [4.78, 5) is 0. The summed E-state index contributed by atoms with van der Waals surface area (Å²) >= 11 is 0. The van der Waals surface area contributed by atoms with Gasteiger partial charge in [-0.3, -0.25) is 0 Å². The maximum Gasteiger partial charge on any atom is 0.306 e. The molecule has 0 saturated carbocycles. The van der Waals surface area contributed by atoms with Crippen LogP contribution in [0.25, 0.3) is 22.3 Å². The average molecular weight is 733 g/mol. The fourth-order valence-electron chi connectivity index (χ4n) is 4.81. The lowest BCUT2D eigenvalue weighted by Crippen LogP contribution is -2.10. The van der Waals surface area contributed by atoms with Crippen molar-refractivity contribution in [2.45, 2.75) is 19.4 Å². The lowest BCUT2D eigenvalue weighted by atomic mass is 9.96. The van der Waals surface area contributed by atoms with E-state index in [1.165, 1.54) is 38.5 Å². The monoisotopic (exact) mass is 732 g/mol. The molecule has 0 unspecified atom stereocenters. The van der Waals surface area contributed by atoms with Crippen LogP contribution < -0.4 is 26.8 Å². The van der Waals surface area contributed by atoms with Crippen molar-refractivity contribution in [1.29, 1.82) is 0 Å². The third-order valence-electron chi connectivity index (χ3n) is 6.80. The second kappa shape index (κ2) is 15.2. The molecule has 0 aliphatic carbocycles. The SMILES string of the molecule is C=CCCc1ccc(COc2ccc(-c3c(OC)cc(-c4ccc(OS(C)(=O)=O)cc4)c(OC)c3OS(C)(=O)=O)cc2OS(C)(=O)=O)cc1. The van der Waals surface area contributed by atoms with Crippen molar-refractivity contribution in [1.82, 2.24) is 0 Å². The van der Waals surface area contributed by atoms with Gasteiger partial charge in [0.15, 0.2) is 23.0 Å². The summed E-state index contributed by atoms with van der Waals surface area (Å²) in [7, 11) is -9.31. The first kappa shape index (κ1) is 37.1. The summed E-state index contributed by atoms with van der Waals surface area (Å²) in [5.41, 5.74) is 3.11. The second-order valence-electron chi connectivity index (χ2n) is 10.8. The van der Waals surface area contributed by atoms with Crippen molar-refractivity contribution in [3.8, 4) is 56.8 Å². The van der Waals surface area contributed by atoms with Crippen LogP contribution in [-0.4, -0.2) is 58.2 Å². The zero-order valence-corrected chi connectivity index (χ0v) is 29.9. The van der Waals surface area contributed by atoms with Gasteiger partial charge in [-0.25, -0.2) is 0 Å². The van der Waals surface area contributed by atoms with Crippen LogP contribution in [0.4, 0.5) is 0 Å². The molecule has 262 valence electrons. The average Bonchev–Trinajstić information content (AvgIpc) is 3.01. The predicted molar refractivity (Wildman–Crippen MR) is 186 cm³/mol. The molecule has 4 aromatic rings. The Morgan fingerprint density at radius 1 is 0.612 bits per heavy atom. The lowest BCUT2D eigenvalue weighted by molar-refractivity contribution is 0.296. The van der Waals surface area contributed by atoms with Crippen molar-refractivity contribution < 1.29 is 52.0 Å².